The summed E-state index contributed by atoms with van der Waals surface area (Å²) in [5, 5.41) is 5.73. The third-order valence-corrected chi connectivity index (χ3v) is 7.00. The van der Waals surface area contributed by atoms with Gasteiger partial charge in [-0.3, -0.25) is 19.8 Å². The Morgan fingerprint density at radius 1 is 0.912 bits per heavy atom. The molecule has 1 aliphatic heterocycles. The van der Waals surface area contributed by atoms with Crippen molar-refractivity contribution in [2.75, 3.05) is 13.1 Å². The Hall–Kier alpha value is -3.41. The lowest BCUT2D eigenvalue weighted by molar-refractivity contribution is -0.122. The molecule has 2 heterocycles. The first kappa shape index (κ1) is 22.4. The molecule has 5 rings (SSSR count). The summed E-state index contributed by atoms with van der Waals surface area (Å²) in [7, 11) is 1.94. The second-order valence-electron chi connectivity index (χ2n) is 8.64. The van der Waals surface area contributed by atoms with E-state index in [0.717, 1.165) is 52.4 Å². The summed E-state index contributed by atoms with van der Waals surface area (Å²) in [6, 6.07) is 17.9. The molecule has 1 aromatic heterocycles. The van der Waals surface area contributed by atoms with E-state index in [4.69, 9.17) is 11.6 Å². The molecule has 0 saturated carbocycles. The largest absolute Gasteiger partial charge is 0.350 e. The summed E-state index contributed by atoms with van der Waals surface area (Å²) < 4.78 is 1.97. The number of amides is 2. The van der Waals surface area contributed by atoms with Gasteiger partial charge in [-0.15, -0.1) is 0 Å². The van der Waals surface area contributed by atoms with Crippen molar-refractivity contribution >= 4 is 56.2 Å². The van der Waals surface area contributed by atoms with Crippen LogP contribution in [0.5, 0.6) is 0 Å². The summed E-state index contributed by atoms with van der Waals surface area (Å²) in [6.07, 6.45) is 1.91. The molecule has 0 aliphatic carbocycles. The quantitative estimate of drug-likeness (QED) is 0.383. The number of imide groups is 1. The van der Waals surface area contributed by atoms with Crippen LogP contribution < -0.4 is 5.32 Å². The van der Waals surface area contributed by atoms with Crippen molar-refractivity contribution in [2.45, 2.75) is 20.4 Å². The molecule has 0 fully saturated rings. The van der Waals surface area contributed by atoms with Gasteiger partial charge in [0.25, 0.3) is 11.8 Å². The molecule has 1 N–H and O–H groups in total. The van der Waals surface area contributed by atoms with E-state index in [9.17, 15) is 9.59 Å². The zero-order valence-corrected chi connectivity index (χ0v) is 20.2. The number of halogens is 1. The molecule has 6 heteroatoms. The van der Waals surface area contributed by atoms with E-state index in [1.165, 1.54) is 0 Å². The van der Waals surface area contributed by atoms with Crippen LogP contribution in [0.25, 0.3) is 32.8 Å². The van der Waals surface area contributed by atoms with Gasteiger partial charge >= 0.3 is 0 Å². The maximum Gasteiger partial charge on any atom is 0.259 e. The molecule has 5 nitrogen and oxygen atoms in total. The van der Waals surface area contributed by atoms with Crippen LogP contribution in [0.15, 0.2) is 60.8 Å². The number of benzene rings is 3. The lowest BCUT2D eigenvalue weighted by atomic mass is 9.91. The maximum atomic E-state index is 13.2. The van der Waals surface area contributed by atoms with Gasteiger partial charge < -0.3 is 4.57 Å². The Morgan fingerprint density at radius 2 is 1.62 bits per heavy atom. The van der Waals surface area contributed by atoms with E-state index in [0.29, 0.717) is 21.7 Å². The third kappa shape index (κ3) is 3.61. The Bertz CT molecular complexity index is 1490. The van der Waals surface area contributed by atoms with E-state index < -0.39 is 11.8 Å². The number of hydrogen-bond donors (Lipinski definition) is 1. The summed E-state index contributed by atoms with van der Waals surface area (Å²) in [4.78, 5) is 28.6. The van der Waals surface area contributed by atoms with Crippen LogP contribution >= 0.6 is 11.6 Å². The number of aromatic nitrogens is 1. The third-order valence-electron chi connectivity index (χ3n) is 6.68. The highest BCUT2D eigenvalue weighted by molar-refractivity contribution is 6.52. The predicted molar refractivity (Wildman–Crippen MR) is 138 cm³/mol. The van der Waals surface area contributed by atoms with Gasteiger partial charge in [0.15, 0.2) is 0 Å². The minimum absolute atomic E-state index is 0.331. The first-order valence-corrected chi connectivity index (χ1v) is 11.9. The molecule has 34 heavy (non-hydrogen) atoms. The number of rotatable bonds is 6. The monoisotopic (exact) mass is 471 g/mol. The molecule has 3 aromatic carbocycles. The molecule has 4 aromatic rings. The maximum absolute atomic E-state index is 13.2. The number of nitrogens with zero attached hydrogens (tertiary/aromatic N) is 2. The SMILES string of the molecule is CCN(CC)Cc1ccc2ccc(Cl)c(C3=C(c4cn(C)c5ccccc45)C(=O)NC3=O)c2c1. The number of para-hydroxylation sites is 1. The minimum Gasteiger partial charge on any atom is -0.350 e. The number of hydrogen-bond acceptors (Lipinski definition) is 3. The van der Waals surface area contributed by atoms with Crippen LogP contribution in [0.3, 0.4) is 0 Å². The second kappa shape index (κ2) is 8.75. The molecular formula is C28H26ClN3O2. The highest BCUT2D eigenvalue weighted by Crippen LogP contribution is 2.41. The summed E-state index contributed by atoms with van der Waals surface area (Å²) in [6.45, 7) is 6.98. The van der Waals surface area contributed by atoms with Crippen LogP contribution in [0, 0.1) is 0 Å². The van der Waals surface area contributed by atoms with E-state index in [2.05, 4.69) is 42.3 Å². The van der Waals surface area contributed by atoms with Gasteiger partial charge in [-0.25, -0.2) is 0 Å². The van der Waals surface area contributed by atoms with E-state index in [1.54, 1.807) is 6.07 Å². The van der Waals surface area contributed by atoms with Crippen molar-refractivity contribution in [3.63, 3.8) is 0 Å². The molecule has 0 radical (unpaired) electrons. The van der Waals surface area contributed by atoms with Crippen molar-refractivity contribution in [3.05, 3.63) is 82.5 Å². The van der Waals surface area contributed by atoms with Crippen LogP contribution in [-0.4, -0.2) is 34.4 Å². The second-order valence-corrected chi connectivity index (χ2v) is 9.05. The Labute approximate surface area is 203 Å². The number of carbonyl (C=O) groups is 2. The average molecular weight is 472 g/mol. The van der Waals surface area contributed by atoms with Gasteiger partial charge in [0, 0.05) is 46.8 Å². The van der Waals surface area contributed by atoms with Gasteiger partial charge in [-0.1, -0.05) is 61.8 Å². The molecule has 172 valence electrons. The molecule has 1 aliphatic rings. The topological polar surface area (TPSA) is 54.3 Å². The van der Waals surface area contributed by atoms with E-state index in [-0.39, 0.29) is 0 Å². The molecule has 2 amide bonds. The lowest BCUT2D eigenvalue weighted by Crippen LogP contribution is -2.23. The molecule has 0 atom stereocenters. The van der Waals surface area contributed by atoms with Gasteiger partial charge in [0.2, 0.25) is 0 Å². The predicted octanol–water partition coefficient (Wildman–Crippen LogP) is 5.39. The summed E-state index contributed by atoms with van der Waals surface area (Å²) in [5.74, 6) is -0.819. The van der Waals surface area contributed by atoms with Crippen LogP contribution in [0.1, 0.15) is 30.5 Å². The zero-order chi connectivity index (χ0) is 24.0. The molecular weight excluding hydrogens is 446 g/mol. The van der Waals surface area contributed by atoms with Gasteiger partial charge in [-0.05, 0) is 47.6 Å². The molecule has 0 saturated heterocycles. The number of aryl methyl sites for hydroxylation is 1. The fourth-order valence-corrected chi connectivity index (χ4v) is 5.15. The number of carbonyl (C=O) groups excluding carboxylic acids is 2. The number of nitrogens with one attached hydrogen (secondary N) is 1. The standard InChI is InChI=1S/C28H26ClN3O2/c1-4-32(5-2)15-17-10-11-18-12-13-22(29)24(20(18)14-17)26-25(27(33)30-28(26)34)21-16-31(3)23-9-7-6-8-19(21)23/h6-14,16H,4-5,15H2,1-3H3,(H,30,33,34). The average Bonchev–Trinajstić information content (AvgIpc) is 3.32. The summed E-state index contributed by atoms with van der Waals surface area (Å²) >= 11 is 6.74. The van der Waals surface area contributed by atoms with Crippen LogP contribution in [0.2, 0.25) is 5.02 Å². The molecule has 0 unspecified atom stereocenters. The Morgan fingerprint density at radius 3 is 2.38 bits per heavy atom. The van der Waals surface area contributed by atoms with E-state index >= 15 is 0 Å². The van der Waals surface area contributed by atoms with Crippen molar-refractivity contribution < 1.29 is 9.59 Å². The Kier molecular flexibility index (Phi) is 5.76. The fourth-order valence-electron chi connectivity index (χ4n) is 4.89. The lowest BCUT2D eigenvalue weighted by Gasteiger charge is -2.19. The highest BCUT2D eigenvalue weighted by Gasteiger charge is 2.35. The fraction of sp³-hybridized carbons (Fsp3) is 0.214. The van der Waals surface area contributed by atoms with Crippen LogP contribution in [-0.2, 0) is 23.2 Å². The van der Waals surface area contributed by atoms with Gasteiger partial charge in [0.1, 0.15) is 0 Å². The normalized spacial score (nSPS) is 14.1. The summed E-state index contributed by atoms with van der Waals surface area (Å²) in [5.41, 5.74) is 4.15. The van der Waals surface area contributed by atoms with Crippen molar-refractivity contribution in [1.82, 2.24) is 14.8 Å². The molecule has 0 spiro atoms. The van der Waals surface area contributed by atoms with Crippen molar-refractivity contribution in [1.29, 1.82) is 0 Å². The Balaban J connectivity index is 1.79. The van der Waals surface area contributed by atoms with Gasteiger partial charge in [-0.2, -0.15) is 0 Å². The van der Waals surface area contributed by atoms with Crippen LogP contribution in [0.4, 0.5) is 0 Å². The minimum atomic E-state index is -0.420. The zero-order valence-electron chi connectivity index (χ0n) is 19.5. The highest BCUT2D eigenvalue weighted by atomic mass is 35.5. The first-order chi connectivity index (χ1) is 16.4. The van der Waals surface area contributed by atoms with Crippen molar-refractivity contribution in [2.24, 2.45) is 7.05 Å². The van der Waals surface area contributed by atoms with Gasteiger partial charge in [0.05, 0.1) is 11.1 Å². The molecule has 0 bridgehead atoms. The van der Waals surface area contributed by atoms with E-state index in [1.807, 2.05) is 48.1 Å². The van der Waals surface area contributed by atoms with Crippen molar-refractivity contribution in [3.8, 4) is 0 Å². The first-order valence-electron chi connectivity index (χ1n) is 11.5. The number of fused-ring (bicyclic) bond motifs is 2. The smallest absolute Gasteiger partial charge is 0.259 e.